The van der Waals surface area contributed by atoms with Gasteiger partial charge in [0.2, 0.25) is 0 Å². The monoisotopic (exact) mass is 142 g/mol. The smallest absolute Gasteiger partial charge is 0.306 e. The first-order valence-electron chi connectivity index (χ1n) is 3.37. The summed E-state index contributed by atoms with van der Waals surface area (Å²) in [4.78, 5) is 10.8. The van der Waals surface area contributed by atoms with E-state index in [9.17, 15) is 4.79 Å². The molecule has 0 amide bonds. The highest BCUT2D eigenvalue weighted by Crippen LogP contribution is 2.08. The van der Waals surface area contributed by atoms with Gasteiger partial charge >= 0.3 is 5.97 Å². The van der Waals surface area contributed by atoms with Gasteiger partial charge in [-0.1, -0.05) is 0 Å². The van der Waals surface area contributed by atoms with Crippen LogP contribution >= 0.6 is 0 Å². The van der Waals surface area contributed by atoms with Gasteiger partial charge in [-0.3, -0.25) is 4.79 Å². The summed E-state index contributed by atoms with van der Waals surface area (Å²) in [5, 5.41) is 0. The number of carbonyl (C=O) groups is 1. The molecule has 0 fully saturated rings. The number of carbonyl (C=O) groups excluding carboxylic acids is 1. The average Bonchev–Trinajstić information content (AvgIpc) is 1.59. The predicted octanol–water partition coefficient (Wildman–Crippen LogP) is 1.82. The van der Waals surface area contributed by atoms with E-state index >= 15 is 0 Å². The van der Waals surface area contributed by atoms with Crippen LogP contribution in [0.5, 0.6) is 0 Å². The summed E-state index contributed by atoms with van der Waals surface area (Å²) in [5.74, 6) is -0.227. The van der Waals surface area contributed by atoms with Crippen molar-refractivity contribution < 1.29 is 9.53 Å². The molecule has 0 atom stereocenters. The van der Waals surface area contributed by atoms with Crippen LogP contribution in [0.4, 0.5) is 0 Å². The van der Waals surface area contributed by atoms with Crippen LogP contribution in [-0.4, -0.2) is 11.6 Å². The van der Waals surface area contributed by atoms with Gasteiger partial charge in [0.05, 0.1) is 0 Å². The molecule has 0 aromatic rings. The van der Waals surface area contributed by atoms with Gasteiger partial charge in [0, 0.05) is 6.42 Å². The van der Waals surface area contributed by atoms with Crippen LogP contribution in [0.25, 0.3) is 0 Å². The summed E-state index contributed by atoms with van der Waals surface area (Å²) in [7, 11) is 0. The van der Waals surface area contributed by atoms with Gasteiger partial charge in [-0.25, -0.2) is 0 Å². The van der Waals surface area contributed by atoms with Crippen LogP contribution in [0.1, 0.15) is 33.6 Å². The predicted molar refractivity (Wildman–Crippen MR) is 39.4 cm³/mol. The van der Waals surface area contributed by atoms with Crippen molar-refractivity contribution in [2.45, 2.75) is 39.2 Å². The fourth-order valence-corrected chi connectivity index (χ4v) is 0.510. The number of rotatable bonds is 2. The maximum atomic E-state index is 10.8. The Labute approximate surface area is 62.6 Å². The molecule has 0 aromatic heterocycles. The second-order valence-electron chi connectivity index (χ2n) is 3.13. The third-order valence-corrected chi connectivity index (χ3v) is 0.768. The zero-order valence-electron chi connectivity index (χ0n) is 6.81. The van der Waals surface area contributed by atoms with Crippen molar-refractivity contribution in [2.75, 3.05) is 0 Å². The Bertz CT molecular complexity index is 111. The normalized spacial score (nSPS) is 11.2. The first-order valence-corrected chi connectivity index (χ1v) is 3.37. The van der Waals surface area contributed by atoms with Crippen molar-refractivity contribution in [3.8, 4) is 0 Å². The maximum Gasteiger partial charge on any atom is 0.306 e. The highest BCUT2D eigenvalue weighted by atomic mass is 16.6. The topological polar surface area (TPSA) is 26.3 Å². The number of hydrogen-bond donors (Lipinski definition) is 0. The third-order valence-electron chi connectivity index (χ3n) is 0.768. The van der Waals surface area contributed by atoms with Gasteiger partial charge in [0.25, 0.3) is 0 Å². The van der Waals surface area contributed by atoms with Crippen LogP contribution in [0.15, 0.2) is 0 Å². The Morgan fingerprint density at radius 1 is 1.50 bits per heavy atom. The molecule has 2 heteroatoms. The van der Waals surface area contributed by atoms with E-state index in [2.05, 4.69) is 0 Å². The van der Waals surface area contributed by atoms with E-state index < -0.39 is 0 Å². The van der Waals surface area contributed by atoms with E-state index in [-0.39, 0.29) is 11.6 Å². The quantitative estimate of drug-likeness (QED) is 0.550. The van der Waals surface area contributed by atoms with Gasteiger partial charge in [0.15, 0.2) is 0 Å². The molecular weight excluding hydrogens is 128 g/mol. The lowest BCUT2D eigenvalue weighted by molar-refractivity contribution is -0.154. The first-order chi connectivity index (χ1) is 4.45. The Balaban J connectivity index is 3.58. The fraction of sp³-hybridized carbons (Fsp3) is 0.750. The van der Waals surface area contributed by atoms with Crippen molar-refractivity contribution in [1.29, 1.82) is 0 Å². The molecule has 0 aromatic carbocycles. The molecular formula is C8H14O2. The van der Waals surface area contributed by atoms with Crippen molar-refractivity contribution in [3.63, 3.8) is 0 Å². The molecule has 0 aliphatic carbocycles. The van der Waals surface area contributed by atoms with Crippen LogP contribution in [-0.2, 0) is 9.53 Å². The van der Waals surface area contributed by atoms with Crippen LogP contribution in [0.2, 0.25) is 0 Å². The summed E-state index contributed by atoms with van der Waals surface area (Å²) in [5.41, 5.74) is -0.383. The van der Waals surface area contributed by atoms with Gasteiger partial charge in [0.1, 0.15) is 5.60 Å². The molecule has 0 saturated heterocycles. The molecule has 58 valence electrons. The second-order valence-corrected chi connectivity index (χ2v) is 3.13. The van der Waals surface area contributed by atoms with Gasteiger partial charge in [-0.15, -0.1) is 0 Å². The van der Waals surface area contributed by atoms with Crippen LogP contribution < -0.4 is 0 Å². The molecule has 2 radical (unpaired) electrons. The number of esters is 1. The molecule has 0 bridgehead atoms. The summed E-state index contributed by atoms with van der Waals surface area (Å²) >= 11 is 0. The maximum absolute atomic E-state index is 10.8. The van der Waals surface area contributed by atoms with Crippen LogP contribution in [0, 0.1) is 6.92 Å². The number of hydrogen-bond acceptors (Lipinski definition) is 2. The van der Waals surface area contributed by atoms with Crippen molar-refractivity contribution in [1.82, 2.24) is 0 Å². The minimum absolute atomic E-state index is 0.227. The molecule has 0 aliphatic heterocycles. The highest BCUT2D eigenvalue weighted by molar-refractivity contribution is 5.69. The van der Waals surface area contributed by atoms with E-state index in [1.54, 1.807) is 0 Å². The molecule has 0 N–H and O–H groups in total. The summed E-state index contributed by atoms with van der Waals surface area (Å²) < 4.78 is 4.96. The Morgan fingerprint density at radius 3 is 2.30 bits per heavy atom. The molecule has 0 saturated carbocycles. The number of ether oxygens (including phenoxy) is 1. The zero-order chi connectivity index (χ0) is 8.20. The van der Waals surface area contributed by atoms with Crippen LogP contribution in [0.3, 0.4) is 0 Å². The second kappa shape index (κ2) is 3.59. The fourth-order valence-electron chi connectivity index (χ4n) is 0.510. The van der Waals surface area contributed by atoms with Crippen molar-refractivity contribution in [2.24, 2.45) is 0 Å². The average molecular weight is 142 g/mol. The van der Waals surface area contributed by atoms with Gasteiger partial charge in [-0.05, 0) is 34.1 Å². The molecule has 0 rings (SSSR count). The van der Waals surface area contributed by atoms with Gasteiger partial charge < -0.3 is 4.74 Å². The third kappa shape index (κ3) is 5.60. The molecule has 0 aliphatic rings. The SMILES string of the molecule is [CH]CCC(=O)OC(C)(C)C. The largest absolute Gasteiger partial charge is 0.460 e. The highest BCUT2D eigenvalue weighted by Gasteiger charge is 2.14. The molecule has 2 nitrogen and oxygen atoms in total. The van der Waals surface area contributed by atoms with Crippen molar-refractivity contribution in [3.05, 3.63) is 6.92 Å². The van der Waals surface area contributed by atoms with E-state index in [1.165, 1.54) is 0 Å². The lowest BCUT2D eigenvalue weighted by atomic mass is 10.2. The van der Waals surface area contributed by atoms with E-state index in [0.29, 0.717) is 12.8 Å². The Morgan fingerprint density at radius 2 is 2.00 bits per heavy atom. The lowest BCUT2D eigenvalue weighted by Gasteiger charge is -2.18. The summed E-state index contributed by atoms with van der Waals surface area (Å²) in [6, 6.07) is 0. The lowest BCUT2D eigenvalue weighted by Crippen LogP contribution is -2.23. The minimum Gasteiger partial charge on any atom is -0.460 e. The Kier molecular flexibility index (Phi) is 3.40. The first kappa shape index (κ1) is 9.47. The summed E-state index contributed by atoms with van der Waals surface area (Å²) in [6.45, 7) is 10.7. The summed E-state index contributed by atoms with van der Waals surface area (Å²) in [6.07, 6.45) is 0.659. The van der Waals surface area contributed by atoms with Gasteiger partial charge in [-0.2, -0.15) is 0 Å². The zero-order valence-corrected chi connectivity index (χ0v) is 6.81. The van der Waals surface area contributed by atoms with E-state index in [1.807, 2.05) is 20.8 Å². The van der Waals surface area contributed by atoms with E-state index in [4.69, 9.17) is 11.7 Å². The molecule has 0 spiro atoms. The Hall–Kier alpha value is -0.530. The van der Waals surface area contributed by atoms with Crippen molar-refractivity contribution >= 4 is 5.97 Å². The van der Waals surface area contributed by atoms with E-state index in [0.717, 1.165) is 0 Å². The minimum atomic E-state index is -0.383. The molecule has 0 unspecified atom stereocenters. The molecule has 0 heterocycles. The standard InChI is InChI=1S/C8H14O2/c1-5-6-7(9)10-8(2,3)4/h1H,5-6H2,2-4H3. The molecule has 10 heavy (non-hydrogen) atoms.